The number of H-pyrrole nitrogens is 1. The highest BCUT2D eigenvalue weighted by molar-refractivity contribution is 6.31. The Morgan fingerprint density at radius 2 is 1.74 bits per heavy atom. The topological polar surface area (TPSA) is 79.4 Å². The smallest absolute Gasteiger partial charge is 0.228 e. The maximum atomic E-state index is 5.69. The lowest BCUT2D eigenvalue weighted by molar-refractivity contribution is 0.956. The molecule has 8 heteroatoms. The Labute approximate surface area is 118 Å². The van der Waals surface area contributed by atoms with E-state index < -0.39 is 0 Å². The number of fused-ring (bicyclic) bond motifs is 1. The first-order valence-electron chi connectivity index (χ1n) is 5.45. The fraction of sp³-hybridized carbons (Fsp3) is 0.0909. The normalized spacial score (nSPS) is 10.8. The number of halogens is 2. The Balaban J connectivity index is 1.78. The molecule has 0 amide bonds. The van der Waals surface area contributed by atoms with Gasteiger partial charge in [-0.1, -0.05) is 12.1 Å². The number of imidazole rings is 1. The van der Waals surface area contributed by atoms with E-state index in [2.05, 4.69) is 30.2 Å². The van der Waals surface area contributed by atoms with Gasteiger partial charge in [0.05, 0.1) is 17.6 Å². The fourth-order valence-electron chi connectivity index (χ4n) is 1.66. The maximum absolute atomic E-state index is 5.69. The number of hydrogen-bond donors (Lipinski definition) is 2. The van der Waals surface area contributed by atoms with Crippen molar-refractivity contribution in [3.05, 3.63) is 40.7 Å². The lowest BCUT2D eigenvalue weighted by Crippen LogP contribution is -2.06. The third kappa shape index (κ3) is 2.74. The summed E-state index contributed by atoms with van der Waals surface area (Å²) in [6, 6.07) is 7.78. The summed E-state index contributed by atoms with van der Waals surface area (Å²) < 4.78 is 0. The van der Waals surface area contributed by atoms with E-state index in [1.54, 1.807) is 0 Å². The van der Waals surface area contributed by atoms with E-state index in [1.807, 2.05) is 24.3 Å². The number of benzene rings is 1. The molecule has 6 nitrogen and oxygen atoms in total. The summed E-state index contributed by atoms with van der Waals surface area (Å²) in [6.45, 7) is 0.436. The first-order chi connectivity index (χ1) is 9.20. The zero-order valence-electron chi connectivity index (χ0n) is 9.56. The molecule has 0 aliphatic rings. The van der Waals surface area contributed by atoms with Crippen LogP contribution in [0.3, 0.4) is 0 Å². The largest absolute Gasteiger partial charge is 0.347 e. The van der Waals surface area contributed by atoms with Crippen LogP contribution in [0, 0.1) is 0 Å². The molecule has 0 spiro atoms. The van der Waals surface area contributed by atoms with Gasteiger partial charge < -0.3 is 10.3 Å². The summed E-state index contributed by atoms with van der Waals surface area (Å²) >= 11 is 11.4. The lowest BCUT2D eigenvalue weighted by Gasteiger charge is -2.02. The summed E-state index contributed by atoms with van der Waals surface area (Å²) in [6.07, 6.45) is 0. The standard InChI is InChI=1S/C11H8Cl2N6/c12-9-17-10(13)19-11(18-9)14-5-8-15-6-3-1-2-4-7(6)16-8/h1-4H,5H2,(H,15,16)(H,14,17,18,19). The van der Waals surface area contributed by atoms with Gasteiger partial charge in [0.25, 0.3) is 0 Å². The highest BCUT2D eigenvalue weighted by atomic mass is 35.5. The van der Waals surface area contributed by atoms with Crippen LogP contribution in [0.4, 0.5) is 5.95 Å². The van der Waals surface area contributed by atoms with Crippen molar-refractivity contribution in [1.82, 2.24) is 24.9 Å². The van der Waals surface area contributed by atoms with Crippen molar-refractivity contribution in [2.45, 2.75) is 6.54 Å². The van der Waals surface area contributed by atoms with Crippen LogP contribution in [0.2, 0.25) is 10.6 Å². The Morgan fingerprint density at radius 3 is 2.47 bits per heavy atom. The third-order valence-electron chi connectivity index (χ3n) is 2.43. The highest BCUT2D eigenvalue weighted by Gasteiger charge is 2.05. The second-order valence-corrected chi connectivity index (χ2v) is 4.43. The van der Waals surface area contributed by atoms with E-state index in [1.165, 1.54) is 0 Å². The van der Waals surface area contributed by atoms with Crippen molar-refractivity contribution < 1.29 is 0 Å². The fourth-order valence-corrected chi connectivity index (χ4v) is 2.02. The Kier molecular flexibility index (Phi) is 3.18. The van der Waals surface area contributed by atoms with Crippen LogP contribution in [0.25, 0.3) is 11.0 Å². The van der Waals surface area contributed by atoms with Gasteiger partial charge in [0.15, 0.2) is 0 Å². The molecule has 0 aliphatic carbocycles. The number of anilines is 1. The van der Waals surface area contributed by atoms with Gasteiger partial charge in [-0.25, -0.2) is 4.98 Å². The molecule has 1 aromatic carbocycles. The molecule has 0 atom stereocenters. The Morgan fingerprint density at radius 1 is 1.00 bits per heavy atom. The van der Waals surface area contributed by atoms with Crippen molar-refractivity contribution in [1.29, 1.82) is 0 Å². The first kappa shape index (κ1) is 12.1. The van der Waals surface area contributed by atoms with Crippen LogP contribution in [-0.2, 0) is 6.54 Å². The Hall–Kier alpha value is -1.92. The summed E-state index contributed by atoms with van der Waals surface area (Å²) in [5, 5.41) is 3.08. The van der Waals surface area contributed by atoms with Gasteiger partial charge in [-0.2, -0.15) is 15.0 Å². The average molecular weight is 295 g/mol. The molecule has 19 heavy (non-hydrogen) atoms. The molecule has 2 aromatic heterocycles. The third-order valence-corrected chi connectivity index (χ3v) is 2.77. The molecular formula is C11H8Cl2N6. The van der Waals surface area contributed by atoms with Crippen LogP contribution in [0.15, 0.2) is 24.3 Å². The zero-order valence-corrected chi connectivity index (χ0v) is 11.1. The van der Waals surface area contributed by atoms with Crippen LogP contribution in [0.1, 0.15) is 5.82 Å². The summed E-state index contributed by atoms with van der Waals surface area (Å²) in [5.41, 5.74) is 1.89. The van der Waals surface area contributed by atoms with Gasteiger partial charge in [-0.15, -0.1) is 0 Å². The lowest BCUT2D eigenvalue weighted by atomic mass is 10.3. The second-order valence-electron chi connectivity index (χ2n) is 3.75. The van der Waals surface area contributed by atoms with E-state index in [4.69, 9.17) is 23.2 Å². The predicted octanol–water partition coefficient (Wildman–Crippen LogP) is 2.67. The van der Waals surface area contributed by atoms with E-state index in [9.17, 15) is 0 Å². The van der Waals surface area contributed by atoms with Gasteiger partial charge in [0, 0.05) is 0 Å². The molecule has 3 aromatic rings. The second kappa shape index (κ2) is 4.99. The van der Waals surface area contributed by atoms with Gasteiger partial charge in [0.2, 0.25) is 16.5 Å². The van der Waals surface area contributed by atoms with Crippen molar-refractivity contribution in [2.24, 2.45) is 0 Å². The minimum atomic E-state index is 0.0482. The van der Waals surface area contributed by atoms with Crippen LogP contribution >= 0.6 is 23.2 Å². The molecule has 2 N–H and O–H groups in total. The minimum Gasteiger partial charge on any atom is -0.347 e. The van der Waals surface area contributed by atoms with Crippen LogP contribution in [0.5, 0.6) is 0 Å². The summed E-state index contributed by atoms with van der Waals surface area (Å²) in [5.74, 6) is 1.08. The average Bonchev–Trinajstić information content (AvgIpc) is 2.78. The number of hydrogen-bond acceptors (Lipinski definition) is 5. The molecule has 0 saturated carbocycles. The quantitative estimate of drug-likeness (QED) is 0.776. The van der Waals surface area contributed by atoms with Crippen molar-refractivity contribution in [2.75, 3.05) is 5.32 Å². The molecule has 0 saturated heterocycles. The van der Waals surface area contributed by atoms with Gasteiger partial charge >= 0.3 is 0 Å². The Bertz CT molecular complexity index is 673. The molecule has 96 valence electrons. The van der Waals surface area contributed by atoms with E-state index >= 15 is 0 Å². The van der Waals surface area contributed by atoms with Crippen LogP contribution in [-0.4, -0.2) is 24.9 Å². The number of nitrogens with one attached hydrogen (secondary N) is 2. The van der Waals surface area contributed by atoms with E-state index in [0.717, 1.165) is 16.9 Å². The minimum absolute atomic E-state index is 0.0482. The zero-order chi connectivity index (χ0) is 13.2. The first-order valence-corrected chi connectivity index (χ1v) is 6.21. The van der Waals surface area contributed by atoms with Gasteiger partial charge in [-0.3, -0.25) is 0 Å². The maximum Gasteiger partial charge on any atom is 0.228 e. The van der Waals surface area contributed by atoms with E-state index in [-0.39, 0.29) is 10.6 Å². The van der Waals surface area contributed by atoms with E-state index in [0.29, 0.717) is 12.5 Å². The van der Waals surface area contributed by atoms with Crippen molar-refractivity contribution in [3.63, 3.8) is 0 Å². The molecule has 0 fully saturated rings. The number of aromatic amines is 1. The molecule has 0 radical (unpaired) electrons. The molecule has 2 heterocycles. The molecule has 0 aliphatic heterocycles. The van der Waals surface area contributed by atoms with Gasteiger partial charge in [-0.05, 0) is 35.3 Å². The molecule has 0 bridgehead atoms. The molecular weight excluding hydrogens is 287 g/mol. The van der Waals surface area contributed by atoms with Crippen LogP contribution < -0.4 is 5.32 Å². The van der Waals surface area contributed by atoms with Crippen molar-refractivity contribution >= 4 is 40.2 Å². The molecule has 0 unspecified atom stereocenters. The number of rotatable bonds is 3. The number of para-hydroxylation sites is 2. The van der Waals surface area contributed by atoms with Crippen molar-refractivity contribution in [3.8, 4) is 0 Å². The summed E-state index contributed by atoms with van der Waals surface area (Å²) in [4.78, 5) is 19.1. The molecule has 3 rings (SSSR count). The number of nitrogens with zero attached hydrogens (tertiary/aromatic N) is 4. The summed E-state index contributed by atoms with van der Waals surface area (Å²) in [7, 11) is 0. The monoisotopic (exact) mass is 294 g/mol. The van der Waals surface area contributed by atoms with Gasteiger partial charge in [0.1, 0.15) is 5.82 Å². The number of aromatic nitrogens is 5. The predicted molar refractivity (Wildman–Crippen MR) is 73.3 cm³/mol. The SMILES string of the molecule is Clc1nc(Cl)nc(NCc2nc3ccccc3[nH]2)n1. The highest BCUT2D eigenvalue weighted by Crippen LogP contribution is 2.12.